The fourth-order valence-electron chi connectivity index (χ4n) is 3.94. The molecule has 6 rings (SSSR count). The number of benzene rings is 5. The molecule has 6 aromatic rings. The van der Waals surface area contributed by atoms with Gasteiger partial charge in [0.15, 0.2) is 0 Å². The summed E-state index contributed by atoms with van der Waals surface area (Å²) in [5, 5.41) is 9.84. The Morgan fingerprint density at radius 3 is 1.48 bits per heavy atom. The molecule has 0 saturated carbocycles. The zero-order chi connectivity index (χ0) is 15.0. The molecule has 0 aliphatic heterocycles. The normalized spacial score (nSPS) is 12.3. The lowest BCUT2D eigenvalue weighted by Crippen LogP contribution is -1.79. The third-order valence-corrected chi connectivity index (χ3v) is 4.96. The Bertz CT molecular complexity index is 1250. The minimum atomic E-state index is 1.01. The first-order valence-electron chi connectivity index (χ1n) is 7.88. The third kappa shape index (κ3) is 1.33. The van der Waals surface area contributed by atoms with Gasteiger partial charge >= 0.3 is 0 Å². The molecule has 0 saturated heterocycles. The van der Waals surface area contributed by atoms with Gasteiger partial charge in [-0.2, -0.15) is 0 Å². The van der Waals surface area contributed by atoms with Crippen molar-refractivity contribution in [2.24, 2.45) is 0 Å². The Morgan fingerprint density at radius 1 is 0.478 bits per heavy atom. The molecule has 1 aromatic heterocycles. The second-order valence-corrected chi connectivity index (χ2v) is 6.22. The molecule has 0 bridgehead atoms. The van der Waals surface area contributed by atoms with E-state index in [1.54, 1.807) is 0 Å². The molecule has 0 spiro atoms. The maximum atomic E-state index is 6.44. The van der Waals surface area contributed by atoms with Gasteiger partial charge < -0.3 is 4.42 Å². The second-order valence-electron chi connectivity index (χ2n) is 6.22. The summed E-state index contributed by atoms with van der Waals surface area (Å²) in [5.74, 6) is 0. The fraction of sp³-hybridized carbons (Fsp3) is 0. The molecule has 0 radical (unpaired) electrons. The van der Waals surface area contributed by atoms with Crippen molar-refractivity contribution >= 4 is 54.3 Å². The maximum Gasteiger partial charge on any atom is 0.143 e. The summed E-state index contributed by atoms with van der Waals surface area (Å²) in [5.41, 5.74) is 2.02. The average molecular weight is 292 g/mol. The van der Waals surface area contributed by atoms with Crippen molar-refractivity contribution < 1.29 is 4.42 Å². The van der Waals surface area contributed by atoms with Gasteiger partial charge in [-0.3, -0.25) is 0 Å². The molecule has 0 fully saturated rings. The van der Waals surface area contributed by atoms with Crippen LogP contribution in [0.5, 0.6) is 0 Å². The Hall–Kier alpha value is -3.06. The first-order chi connectivity index (χ1) is 11.4. The summed E-state index contributed by atoms with van der Waals surface area (Å²) in [4.78, 5) is 0. The van der Waals surface area contributed by atoms with Gasteiger partial charge in [0.2, 0.25) is 0 Å². The molecule has 0 amide bonds. The fourth-order valence-corrected chi connectivity index (χ4v) is 3.94. The monoisotopic (exact) mass is 292 g/mol. The molecule has 1 heterocycles. The third-order valence-electron chi connectivity index (χ3n) is 4.96. The van der Waals surface area contributed by atoms with Crippen LogP contribution >= 0.6 is 0 Å². The van der Waals surface area contributed by atoms with E-state index in [9.17, 15) is 0 Å². The maximum absolute atomic E-state index is 6.44. The molecule has 0 unspecified atom stereocenters. The molecular weight excluding hydrogens is 280 g/mol. The highest BCUT2D eigenvalue weighted by molar-refractivity contribution is 6.31. The summed E-state index contributed by atoms with van der Waals surface area (Å²) in [7, 11) is 0. The summed E-state index contributed by atoms with van der Waals surface area (Å²) in [6.45, 7) is 0. The Balaban J connectivity index is 2.04. The van der Waals surface area contributed by atoms with Gasteiger partial charge in [-0.05, 0) is 33.7 Å². The molecule has 106 valence electrons. The van der Waals surface area contributed by atoms with Crippen LogP contribution in [0.25, 0.3) is 54.3 Å². The number of fused-ring (bicyclic) bond motifs is 4. The van der Waals surface area contributed by atoms with Crippen molar-refractivity contribution in [2.45, 2.75) is 0 Å². The van der Waals surface area contributed by atoms with Crippen LogP contribution in [-0.2, 0) is 0 Å². The average Bonchev–Trinajstić information content (AvgIpc) is 3.01. The van der Waals surface area contributed by atoms with E-state index in [0.29, 0.717) is 0 Å². The van der Waals surface area contributed by atoms with Crippen LogP contribution in [0.15, 0.2) is 77.2 Å². The van der Waals surface area contributed by atoms with E-state index in [0.717, 1.165) is 11.2 Å². The summed E-state index contributed by atoms with van der Waals surface area (Å²) < 4.78 is 6.44. The molecule has 5 aromatic carbocycles. The minimum absolute atomic E-state index is 1.01. The number of rotatable bonds is 0. The van der Waals surface area contributed by atoms with E-state index >= 15 is 0 Å². The molecule has 1 nitrogen and oxygen atoms in total. The summed E-state index contributed by atoms with van der Waals surface area (Å²) in [6.07, 6.45) is 0. The van der Waals surface area contributed by atoms with Crippen LogP contribution < -0.4 is 0 Å². The van der Waals surface area contributed by atoms with Gasteiger partial charge in [-0.15, -0.1) is 0 Å². The van der Waals surface area contributed by atoms with Crippen molar-refractivity contribution in [3.8, 4) is 0 Å². The van der Waals surface area contributed by atoms with Crippen molar-refractivity contribution in [1.82, 2.24) is 0 Å². The van der Waals surface area contributed by atoms with E-state index in [2.05, 4.69) is 72.8 Å². The minimum Gasteiger partial charge on any atom is -0.455 e. The van der Waals surface area contributed by atoms with Crippen molar-refractivity contribution in [2.75, 3.05) is 0 Å². The predicted octanol–water partition coefficient (Wildman–Crippen LogP) is 6.48. The highest BCUT2D eigenvalue weighted by Gasteiger charge is 2.17. The zero-order valence-electron chi connectivity index (χ0n) is 12.3. The molecule has 23 heavy (non-hydrogen) atoms. The van der Waals surface area contributed by atoms with Crippen LogP contribution in [-0.4, -0.2) is 0 Å². The molecule has 0 aliphatic carbocycles. The smallest absolute Gasteiger partial charge is 0.143 e. The standard InChI is InChI=1S/C22H12O/c1-3-7-17-13(5-1)11-15-9-10-16-12-14-6-2-4-8-18(14)22-20(16)19(15)21(17)23-22/h1-12H. The second kappa shape index (κ2) is 3.82. The Morgan fingerprint density at radius 2 is 0.957 bits per heavy atom. The quantitative estimate of drug-likeness (QED) is 0.230. The van der Waals surface area contributed by atoms with E-state index < -0.39 is 0 Å². The van der Waals surface area contributed by atoms with Crippen LogP contribution in [0, 0.1) is 0 Å². The number of furan rings is 1. The molecular formula is C22H12O. The van der Waals surface area contributed by atoms with Crippen LogP contribution in [0.4, 0.5) is 0 Å². The molecule has 0 N–H and O–H groups in total. The van der Waals surface area contributed by atoms with Crippen LogP contribution in [0.3, 0.4) is 0 Å². The largest absolute Gasteiger partial charge is 0.455 e. The zero-order valence-corrected chi connectivity index (χ0v) is 12.3. The van der Waals surface area contributed by atoms with Gasteiger partial charge in [0.25, 0.3) is 0 Å². The number of hydrogen-bond donors (Lipinski definition) is 0. The predicted molar refractivity (Wildman–Crippen MR) is 97.4 cm³/mol. The van der Waals surface area contributed by atoms with Gasteiger partial charge in [0.1, 0.15) is 11.2 Å². The van der Waals surface area contributed by atoms with Gasteiger partial charge in [0, 0.05) is 21.5 Å². The molecule has 0 atom stereocenters. The van der Waals surface area contributed by atoms with E-state index in [1.165, 1.54) is 43.1 Å². The van der Waals surface area contributed by atoms with E-state index in [-0.39, 0.29) is 0 Å². The van der Waals surface area contributed by atoms with E-state index in [1.807, 2.05) is 0 Å². The van der Waals surface area contributed by atoms with Crippen molar-refractivity contribution in [3.05, 3.63) is 72.8 Å². The Kier molecular flexibility index (Phi) is 1.91. The summed E-state index contributed by atoms with van der Waals surface area (Å²) in [6, 6.07) is 25.9. The van der Waals surface area contributed by atoms with Crippen molar-refractivity contribution in [3.63, 3.8) is 0 Å². The Labute approximate surface area is 132 Å². The lowest BCUT2D eigenvalue weighted by molar-refractivity contribution is 0.677. The van der Waals surface area contributed by atoms with Crippen molar-refractivity contribution in [1.29, 1.82) is 0 Å². The molecule has 0 aliphatic rings. The highest BCUT2D eigenvalue weighted by Crippen LogP contribution is 2.43. The van der Waals surface area contributed by atoms with Crippen LogP contribution in [0.2, 0.25) is 0 Å². The van der Waals surface area contributed by atoms with Gasteiger partial charge in [-0.25, -0.2) is 0 Å². The van der Waals surface area contributed by atoms with Gasteiger partial charge in [0.05, 0.1) is 0 Å². The number of hydrogen-bond acceptors (Lipinski definition) is 1. The topological polar surface area (TPSA) is 13.1 Å². The lowest BCUT2D eigenvalue weighted by atomic mass is 9.96. The van der Waals surface area contributed by atoms with E-state index in [4.69, 9.17) is 4.42 Å². The van der Waals surface area contributed by atoms with Gasteiger partial charge in [-0.1, -0.05) is 60.7 Å². The highest BCUT2D eigenvalue weighted by atomic mass is 16.3. The molecule has 1 heteroatoms. The SMILES string of the molecule is c1ccc2c(c1)cc1ccc3cc4ccccc4c4oc2c1c34. The van der Waals surface area contributed by atoms with Crippen LogP contribution in [0.1, 0.15) is 0 Å². The first-order valence-corrected chi connectivity index (χ1v) is 7.88. The lowest BCUT2D eigenvalue weighted by Gasteiger charge is -2.04. The summed E-state index contributed by atoms with van der Waals surface area (Å²) >= 11 is 0. The first kappa shape index (κ1) is 11.5.